The van der Waals surface area contributed by atoms with Gasteiger partial charge >= 0.3 is 6.09 Å². The second-order valence-corrected chi connectivity index (χ2v) is 5.12. The molecule has 1 N–H and O–H groups in total. The van der Waals surface area contributed by atoms with Crippen LogP contribution < -0.4 is 0 Å². The Hall–Kier alpha value is -1.30. The van der Waals surface area contributed by atoms with Crippen molar-refractivity contribution in [3.05, 3.63) is 34.3 Å². The Morgan fingerprint density at radius 3 is 3.05 bits per heavy atom. The third kappa shape index (κ3) is 3.42. The fourth-order valence-corrected chi connectivity index (χ4v) is 2.69. The standard InChI is InChI=1S/C14H18ClNO4/c1-19-8-10-3-4-11(12(15)7-10)13-9-20-6-2-5-16(13)14(17)18/h3-4,7,13H,2,5-6,8-9H2,1H3,(H,17,18). The summed E-state index contributed by atoms with van der Waals surface area (Å²) in [7, 11) is 1.62. The van der Waals surface area contributed by atoms with Crippen LogP contribution in [0.1, 0.15) is 23.6 Å². The molecule has 1 atom stereocenters. The van der Waals surface area contributed by atoms with E-state index < -0.39 is 6.09 Å². The molecule has 1 aliphatic rings. The van der Waals surface area contributed by atoms with Crippen molar-refractivity contribution in [3.63, 3.8) is 0 Å². The maximum Gasteiger partial charge on any atom is 0.407 e. The lowest BCUT2D eigenvalue weighted by Crippen LogP contribution is -2.35. The molecule has 1 saturated heterocycles. The highest BCUT2D eigenvalue weighted by Crippen LogP contribution is 2.30. The van der Waals surface area contributed by atoms with Crippen LogP contribution in [0.5, 0.6) is 0 Å². The van der Waals surface area contributed by atoms with E-state index in [1.807, 2.05) is 18.2 Å². The lowest BCUT2D eigenvalue weighted by atomic mass is 10.0. The summed E-state index contributed by atoms with van der Waals surface area (Å²) in [5.41, 5.74) is 1.73. The maximum atomic E-state index is 11.4. The molecule has 20 heavy (non-hydrogen) atoms. The summed E-state index contributed by atoms with van der Waals surface area (Å²) in [6, 6.07) is 5.20. The van der Waals surface area contributed by atoms with E-state index in [1.54, 1.807) is 7.11 Å². The van der Waals surface area contributed by atoms with Crippen LogP contribution in [0.15, 0.2) is 18.2 Å². The average Bonchev–Trinajstić information content (AvgIpc) is 2.65. The van der Waals surface area contributed by atoms with Gasteiger partial charge in [0.2, 0.25) is 0 Å². The number of benzene rings is 1. The molecule has 1 aromatic carbocycles. The molecule has 0 aliphatic carbocycles. The van der Waals surface area contributed by atoms with E-state index in [9.17, 15) is 9.90 Å². The third-order valence-electron chi connectivity index (χ3n) is 3.32. The molecule has 0 radical (unpaired) electrons. The minimum atomic E-state index is -0.947. The normalized spacial score (nSPS) is 19.7. The molecule has 1 heterocycles. The van der Waals surface area contributed by atoms with E-state index in [0.29, 0.717) is 37.8 Å². The number of rotatable bonds is 3. The molecule has 6 heteroatoms. The first-order valence-corrected chi connectivity index (χ1v) is 6.86. The lowest BCUT2D eigenvalue weighted by Gasteiger charge is -2.27. The third-order valence-corrected chi connectivity index (χ3v) is 3.65. The largest absolute Gasteiger partial charge is 0.465 e. The van der Waals surface area contributed by atoms with Crippen molar-refractivity contribution in [2.45, 2.75) is 19.1 Å². The highest BCUT2D eigenvalue weighted by atomic mass is 35.5. The van der Waals surface area contributed by atoms with E-state index in [2.05, 4.69) is 0 Å². The molecule has 110 valence electrons. The molecule has 0 aromatic heterocycles. The molecular weight excluding hydrogens is 282 g/mol. The molecule has 0 bridgehead atoms. The molecule has 5 nitrogen and oxygen atoms in total. The molecule has 0 spiro atoms. The van der Waals surface area contributed by atoms with Crippen molar-refractivity contribution in [2.24, 2.45) is 0 Å². The van der Waals surface area contributed by atoms with Crippen LogP contribution in [0.2, 0.25) is 5.02 Å². The summed E-state index contributed by atoms with van der Waals surface area (Å²) in [4.78, 5) is 12.8. The Morgan fingerprint density at radius 2 is 2.40 bits per heavy atom. The van der Waals surface area contributed by atoms with E-state index in [-0.39, 0.29) is 6.04 Å². The second-order valence-electron chi connectivity index (χ2n) is 4.71. The van der Waals surface area contributed by atoms with Crippen LogP contribution >= 0.6 is 11.6 Å². The van der Waals surface area contributed by atoms with E-state index in [0.717, 1.165) is 11.1 Å². The molecule has 1 fully saturated rings. The number of hydrogen-bond donors (Lipinski definition) is 1. The zero-order valence-electron chi connectivity index (χ0n) is 11.3. The highest BCUT2D eigenvalue weighted by Gasteiger charge is 2.28. The Labute approximate surface area is 123 Å². The summed E-state index contributed by atoms with van der Waals surface area (Å²) >= 11 is 6.29. The number of nitrogens with zero attached hydrogens (tertiary/aromatic N) is 1. The van der Waals surface area contributed by atoms with Crippen molar-refractivity contribution >= 4 is 17.7 Å². The van der Waals surface area contributed by atoms with Gasteiger partial charge in [-0.15, -0.1) is 0 Å². The summed E-state index contributed by atoms with van der Waals surface area (Å²) in [6.45, 7) is 1.83. The van der Waals surface area contributed by atoms with Gasteiger partial charge < -0.3 is 14.6 Å². The van der Waals surface area contributed by atoms with Gasteiger partial charge in [-0.2, -0.15) is 0 Å². The SMILES string of the molecule is COCc1ccc(C2COCCCN2C(=O)O)c(Cl)c1. The predicted octanol–water partition coefficient (Wildman–Crippen LogP) is 2.93. The molecular formula is C14H18ClNO4. The first kappa shape index (κ1) is 15.1. The van der Waals surface area contributed by atoms with Crippen molar-refractivity contribution in [2.75, 3.05) is 26.9 Å². The molecule has 1 unspecified atom stereocenters. The second kappa shape index (κ2) is 6.92. The molecule has 2 rings (SSSR count). The summed E-state index contributed by atoms with van der Waals surface area (Å²) in [5, 5.41) is 9.87. The van der Waals surface area contributed by atoms with Crippen molar-refractivity contribution in [1.82, 2.24) is 4.90 Å². The fraction of sp³-hybridized carbons (Fsp3) is 0.500. The number of carboxylic acid groups (broad SMARTS) is 1. The monoisotopic (exact) mass is 299 g/mol. The predicted molar refractivity (Wildman–Crippen MR) is 75.1 cm³/mol. The maximum absolute atomic E-state index is 11.4. The van der Waals surface area contributed by atoms with Gasteiger partial charge in [0.1, 0.15) is 0 Å². The van der Waals surface area contributed by atoms with Gasteiger partial charge in [0, 0.05) is 25.3 Å². The Balaban J connectivity index is 2.29. The fourth-order valence-electron chi connectivity index (χ4n) is 2.36. The van der Waals surface area contributed by atoms with E-state index in [1.165, 1.54) is 4.90 Å². The van der Waals surface area contributed by atoms with Crippen LogP contribution in [0.3, 0.4) is 0 Å². The Morgan fingerprint density at radius 1 is 1.60 bits per heavy atom. The van der Waals surface area contributed by atoms with Crippen LogP contribution in [0.4, 0.5) is 4.79 Å². The molecule has 1 aromatic rings. The minimum absolute atomic E-state index is 0.329. The van der Waals surface area contributed by atoms with Crippen LogP contribution in [0.25, 0.3) is 0 Å². The van der Waals surface area contributed by atoms with Gasteiger partial charge in [-0.1, -0.05) is 23.7 Å². The van der Waals surface area contributed by atoms with Crippen molar-refractivity contribution in [1.29, 1.82) is 0 Å². The number of carbonyl (C=O) groups is 1. The minimum Gasteiger partial charge on any atom is -0.465 e. The zero-order valence-corrected chi connectivity index (χ0v) is 12.1. The average molecular weight is 300 g/mol. The van der Waals surface area contributed by atoms with Crippen LogP contribution in [-0.2, 0) is 16.1 Å². The van der Waals surface area contributed by atoms with Crippen molar-refractivity contribution in [3.8, 4) is 0 Å². The molecule has 1 aliphatic heterocycles. The molecule has 1 amide bonds. The number of methoxy groups -OCH3 is 1. The summed E-state index contributed by atoms with van der Waals surface area (Å²) in [5.74, 6) is 0. The van der Waals surface area contributed by atoms with E-state index in [4.69, 9.17) is 21.1 Å². The van der Waals surface area contributed by atoms with Crippen molar-refractivity contribution < 1.29 is 19.4 Å². The first-order chi connectivity index (χ1) is 9.63. The van der Waals surface area contributed by atoms with Gasteiger partial charge in [0.15, 0.2) is 0 Å². The van der Waals surface area contributed by atoms with Gasteiger partial charge in [0.25, 0.3) is 0 Å². The van der Waals surface area contributed by atoms with Gasteiger partial charge in [-0.05, 0) is 23.6 Å². The first-order valence-electron chi connectivity index (χ1n) is 6.48. The summed E-state index contributed by atoms with van der Waals surface area (Å²) in [6.07, 6.45) is -0.250. The Kier molecular flexibility index (Phi) is 5.23. The topological polar surface area (TPSA) is 59.0 Å². The number of ether oxygens (including phenoxy) is 2. The number of halogens is 1. The zero-order chi connectivity index (χ0) is 14.5. The number of amides is 1. The molecule has 0 saturated carbocycles. The van der Waals surface area contributed by atoms with E-state index >= 15 is 0 Å². The van der Waals surface area contributed by atoms with Crippen LogP contribution in [-0.4, -0.2) is 43.0 Å². The quantitative estimate of drug-likeness (QED) is 0.932. The Bertz CT molecular complexity index is 480. The summed E-state index contributed by atoms with van der Waals surface area (Å²) < 4.78 is 10.5. The highest BCUT2D eigenvalue weighted by molar-refractivity contribution is 6.31. The van der Waals surface area contributed by atoms with Gasteiger partial charge in [-0.25, -0.2) is 4.79 Å². The smallest absolute Gasteiger partial charge is 0.407 e. The van der Waals surface area contributed by atoms with Gasteiger partial charge in [0.05, 0.1) is 19.3 Å². The lowest BCUT2D eigenvalue weighted by molar-refractivity contribution is 0.0904. The van der Waals surface area contributed by atoms with Gasteiger partial charge in [-0.3, -0.25) is 4.90 Å². The van der Waals surface area contributed by atoms with Crippen LogP contribution in [0, 0.1) is 0 Å². The number of hydrogen-bond acceptors (Lipinski definition) is 3.